The Hall–Kier alpha value is -2.69. The van der Waals surface area contributed by atoms with Gasteiger partial charge in [-0.3, -0.25) is 5.32 Å². The van der Waals surface area contributed by atoms with Crippen molar-refractivity contribution in [1.82, 2.24) is 0 Å². The Morgan fingerprint density at radius 1 is 1.08 bits per heavy atom. The van der Waals surface area contributed by atoms with Gasteiger partial charge in [0, 0.05) is 5.56 Å². The number of amides is 1. The minimum atomic E-state index is -0.521. The smallest absolute Gasteiger partial charge is 0.411 e. The van der Waals surface area contributed by atoms with Crippen LogP contribution in [-0.2, 0) is 11.3 Å². The molecule has 24 heavy (non-hydrogen) atoms. The number of hydrogen-bond acceptors (Lipinski definition) is 4. The number of hydrogen-bond donors (Lipinski definition) is 1. The lowest BCUT2D eigenvalue weighted by atomic mass is 10.1. The van der Waals surface area contributed by atoms with Gasteiger partial charge in [-0.1, -0.05) is 17.7 Å². The molecular weight excluding hydrogens is 306 g/mol. The van der Waals surface area contributed by atoms with Crippen molar-refractivity contribution in [3.8, 4) is 11.5 Å². The summed E-state index contributed by atoms with van der Waals surface area (Å²) < 4.78 is 16.1. The molecule has 5 heteroatoms. The largest absolute Gasteiger partial charge is 0.494 e. The van der Waals surface area contributed by atoms with E-state index in [1.807, 2.05) is 39.0 Å². The minimum Gasteiger partial charge on any atom is -0.494 e. The van der Waals surface area contributed by atoms with E-state index in [0.717, 1.165) is 22.6 Å². The summed E-state index contributed by atoms with van der Waals surface area (Å²) in [6.07, 6.45) is -0.521. The third kappa shape index (κ3) is 4.65. The highest BCUT2D eigenvalue weighted by atomic mass is 16.5. The van der Waals surface area contributed by atoms with Crippen molar-refractivity contribution in [1.29, 1.82) is 0 Å². The SMILES string of the molecule is CCOc1ccc(NC(=O)OC)c(COc2ccc(C)cc2C)c1. The third-order valence-electron chi connectivity index (χ3n) is 3.52. The summed E-state index contributed by atoms with van der Waals surface area (Å²) in [6, 6.07) is 11.5. The summed E-state index contributed by atoms with van der Waals surface area (Å²) in [4.78, 5) is 11.5. The summed E-state index contributed by atoms with van der Waals surface area (Å²) in [5.41, 5.74) is 3.70. The average Bonchev–Trinajstić information content (AvgIpc) is 2.56. The first-order chi connectivity index (χ1) is 11.5. The number of ether oxygens (including phenoxy) is 3. The van der Waals surface area contributed by atoms with E-state index < -0.39 is 6.09 Å². The van der Waals surface area contributed by atoms with Crippen LogP contribution in [0.25, 0.3) is 0 Å². The molecule has 2 aromatic rings. The second-order valence-corrected chi connectivity index (χ2v) is 5.43. The molecule has 0 heterocycles. The minimum absolute atomic E-state index is 0.310. The van der Waals surface area contributed by atoms with Crippen LogP contribution in [0.4, 0.5) is 10.5 Å². The molecule has 1 N–H and O–H groups in total. The van der Waals surface area contributed by atoms with E-state index in [0.29, 0.717) is 18.9 Å². The number of nitrogens with one attached hydrogen (secondary N) is 1. The van der Waals surface area contributed by atoms with Gasteiger partial charge >= 0.3 is 6.09 Å². The first-order valence-corrected chi connectivity index (χ1v) is 7.84. The van der Waals surface area contributed by atoms with Gasteiger partial charge in [0.1, 0.15) is 18.1 Å². The van der Waals surface area contributed by atoms with Crippen LogP contribution in [-0.4, -0.2) is 19.8 Å². The van der Waals surface area contributed by atoms with Gasteiger partial charge in [-0.2, -0.15) is 0 Å². The summed E-state index contributed by atoms with van der Waals surface area (Å²) >= 11 is 0. The normalized spacial score (nSPS) is 10.2. The highest BCUT2D eigenvalue weighted by Gasteiger charge is 2.10. The molecule has 0 saturated carbocycles. The molecule has 128 valence electrons. The number of methoxy groups -OCH3 is 1. The molecule has 5 nitrogen and oxygen atoms in total. The molecule has 0 fully saturated rings. The van der Waals surface area contributed by atoms with E-state index in [4.69, 9.17) is 9.47 Å². The topological polar surface area (TPSA) is 56.8 Å². The van der Waals surface area contributed by atoms with Crippen molar-refractivity contribution in [2.24, 2.45) is 0 Å². The van der Waals surface area contributed by atoms with Crippen molar-refractivity contribution in [2.45, 2.75) is 27.4 Å². The lowest BCUT2D eigenvalue weighted by molar-refractivity contribution is 0.187. The maximum Gasteiger partial charge on any atom is 0.411 e. The average molecular weight is 329 g/mol. The zero-order valence-electron chi connectivity index (χ0n) is 14.5. The molecule has 1 amide bonds. The Morgan fingerprint density at radius 3 is 2.54 bits per heavy atom. The van der Waals surface area contributed by atoms with Crippen molar-refractivity contribution < 1.29 is 19.0 Å². The van der Waals surface area contributed by atoms with E-state index >= 15 is 0 Å². The fraction of sp³-hybridized carbons (Fsp3) is 0.316. The molecule has 0 saturated heterocycles. The molecule has 0 aliphatic carbocycles. The zero-order valence-corrected chi connectivity index (χ0v) is 14.5. The number of rotatable bonds is 6. The molecule has 0 unspecified atom stereocenters. The number of carbonyl (C=O) groups excluding carboxylic acids is 1. The fourth-order valence-electron chi connectivity index (χ4n) is 2.35. The van der Waals surface area contributed by atoms with Gasteiger partial charge in [-0.05, 0) is 50.6 Å². The number of benzene rings is 2. The Kier molecular flexibility index (Phi) is 6.07. The maximum absolute atomic E-state index is 11.5. The van der Waals surface area contributed by atoms with Crippen LogP contribution >= 0.6 is 0 Å². The van der Waals surface area contributed by atoms with E-state index in [1.165, 1.54) is 12.7 Å². The molecule has 2 rings (SSSR count). The lowest BCUT2D eigenvalue weighted by Crippen LogP contribution is -2.13. The summed E-state index contributed by atoms with van der Waals surface area (Å²) in [5, 5.41) is 2.69. The Balaban J connectivity index is 2.21. The lowest BCUT2D eigenvalue weighted by Gasteiger charge is -2.15. The zero-order chi connectivity index (χ0) is 17.5. The van der Waals surface area contributed by atoms with Gasteiger partial charge in [0.25, 0.3) is 0 Å². The number of aryl methyl sites for hydroxylation is 2. The number of carbonyl (C=O) groups is 1. The Bertz CT molecular complexity index is 713. The van der Waals surface area contributed by atoms with Gasteiger partial charge in [0.05, 0.1) is 19.4 Å². The van der Waals surface area contributed by atoms with E-state index in [9.17, 15) is 4.79 Å². The standard InChI is InChI=1S/C19H23NO4/c1-5-23-16-7-8-17(20-19(21)22-4)15(11-16)12-24-18-9-6-13(2)10-14(18)3/h6-11H,5,12H2,1-4H3,(H,20,21). The molecule has 2 aromatic carbocycles. The predicted octanol–water partition coefficient (Wildman–Crippen LogP) is 4.46. The van der Waals surface area contributed by atoms with Crippen molar-refractivity contribution in [3.63, 3.8) is 0 Å². The van der Waals surface area contributed by atoms with Gasteiger partial charge in [-0.15, -0.1) is 0 Å². The molecule has 0 aliphatic rings. The Labute approximate surface area is 142 Å². The van der Waals surface area contributed by atoms with Gasteiger partial charge in [0.2, 0.25) is 0 Å². The summed E-state index contributed by atoms with van der Waals surface area (Å²) in [6.45, 7) is 6.85. The second-order valence-electron chi connectivity index (χ2n) is 5.43. The molecule has 0 spiro atoms. The van der Waals surface area contributed by atoms with Crippen LogP contribution in [0, 0.1) is 13.8 Å². The molecular formula is C19H23NO4. The Morgan fingerprint density at radius 2 is 1.88 bits per heavy atom. The van der Waals surface area contributed by atoms with Crippen LogP contribution in [0.1, 0.15) is 23.6 Å². The quantitative estimate of drug-likeness (QED) is 0.850. The fourth-order valence-corrected chi connectivity index (χ4v) is 2.35. The second kappa shape index (κ2) is 8.24. The molecule has 0 aromatic heterocycles. The molecule has 0 atom stereocenters. The van der Waals surface area contributed by atoms with Gasteiger partial charge < -0.3 is 14.2 Å². The van der Waals surface area contributed by atoms with Crippen LogP contribution in [0.3, 0.4) is 0 Å². The van der Waals surface area contributed by atoms with Crippen LogP contribution < -0.4 is 14.8 Å². The van der Waals surface area contributed by atoms with Gasteiger partial charge in [0.15, 0.2) is 0 Å². The van der Waals surface area contributed by atoms with Crippen molar-refractivity contribution >= 4 is 11.8 Å². The number of anilines is 1. The highest BCUT2D eigenvalue weighted by molar-refractivity contribution is 5.85. The van der Waals surface area contributed by atoms with Crippen LogP contribution in [0.2, 0.25) is 0 Å². The highest BCUT2D eigenvalue weighted by Crippen LogP contribution is 2.26. The first kappa shape index (κ1) is 17.7. The molecule has 0 radical (unpaired) electrons. The summed E-state index contributed by atoms with van der Waals surface area (Å²) in [5.74, 6) is 1.54. The van der Waals surface area contributed by atoms with E-state index in [2.05, 4.69) is 16.1 Å². The first-order valence-electron chi connectivity index (χ1n) is 7.84. The van der Waals surface area contributed by atoms with E-state index in [-0.39, 0.29) is 0 Å². The molecule has 0 aliphatic heterocycles. The van der Waals surface area contributed by atoms with Crippen molar-refractivity contribution in [3.05, 3.63) is 53.1 Å². The van der Waals surface area contributed by atoms with Crippen LogP contribution in [0.5, 0.6) is 11.5 Å². The summed E-state index contributed by atoms with van der Waals surface area (Å²) in [7, 11) is 1.33. The predicted molar refractivity (Wildman–Crippen MR) is 93.9 cm³/mol. The van der Waals surface area contributed by atoms with Crippen molar-refractivity contribution in [2.75, 3.05) is 19.0 Å². The maximum atomic E-state index is 11.5. The monoisotopic (exact) mass is 329 g/mol. The third-order valence-corrected chi connectivity index (χ3v) is 3.52. The van der Waals surface area contributed by atoms with Crippen LogP contribution in [0.15, 0.2) is 36.4 Å². The molecule has 0 bridgehead atoms. The van der Waals surface area contributed by atoms with E-state index in [1.54, 1.807) is 12.1 Å². The van der Waals surface area contributed by atoms with Gasteiger partial charge in [-0.25, -0.2) is 4.79 Å².